The molecule has 0 heterocycles. The molecule has 0 saturated heterocycles. The predicted molar refractivity (Wildman–Crippen MR) is 43.4 cm³/mol. The van der Waals surface area contributed by atoms with Crippen molar-refractivity contribution in [2.45, 2.75) is 26.7 Å². The molecule has 0 rings (SSSR count). The molecule has 0 spiro atoms. The summed E-state index contributed by atoms with van der Waals surface area (Å²) >= 11 is 0. The number of aliphatic hydroxyl groups is 1. The van der Waals surface area contributed by atoms with Crippen molar-refractivity contribution in [1.29, 1.82) is 0 Å². The second kappa shape index (κ2) is 5.30. The maximum Gasteiger partial charge on any atom is 0.0468 e. The largest absolute Gasteiger partial charge is 0.405 e. The molecule has 0 radical (unpaired) electrons. The topological polar surface area (TPSA) is 46.2 Å². The van der Waals surface area contributed by atoms with Crippen molar-refractivity contribution in [2.24, 2.45) is 11.7 Å². The normalized spacial score (nSPS) is 15.3. The van der Waals surface area contributed by atoms with E-state index in [1.165, 1.54) is 0 Å². The Balaban J connectivity index is 3.82. The molecule has 0 aromatic carbocycles. The van der Waals surface area contributed by atoms with Crippen LogP contribution in [0.5, 0.6) is 0 Å². The summed E-state index contributed by atoms with van der Waals surface area (Å²) in [5.74, 6) is 0.511. The van der Waals surface area contributed by atoms with Gasteiger partial charge in [0, 0.05) is 6.61 Å². The van der Waals surface area contributed by atoms with E-state index >= 15 is 0 Å². The van der Waals surface area contributed by atoms with Crippen LogP contribution in [-0.2, 0) is 0 Å². The molecule has 2 nitrogen and oxygen atoms in total. The highest BCUT2D eigenvalue weighted by atomic mass is 16.2. The van der Waals surface area contributed by atoms with Gasteiger partial charge in [0.2, 0.25) is 0 Å². The molecule has 1 unspecified atom stereocenters. The Hall–Kier alpha value is -0.500. The molecule has 0 fully saturated rings. The summed E-state index contributed by atoms with van der Waals surface area (Å²) < 4.78 is 0. The van der Waals surface area contributed by atoms with Gasteiger partial charge in [-0.1, -0.05) is 13.8 Å². The van der Waals surface area contributed by atoms with E-state index in [0.717, 1.165) is 12.0 Å². The van der Waals surface area contributed by atoms with Gasteiger partial charge in [-0.3, -0.25) is 0 Å². The Bertz CT molecular complexity index is 110. The fourth-order valence-corrected chi connectivity index (χ4v) is 0.885. The van der Waals surface area contributed by atoms with Crippen molar-refractivity contribution in [3.8, 4) is 0 Å². The molecule has 0 aromatic rings. The van der Waals surface area contributed by atoms with E-state index in [2.05, 4.69) is 13.8 Å². The zero-order valence-electron chi connectivity index (χ0n) is 6.80. The quantitative estimate of drug-likeness (QED) is 0.622. The van der Waals surface area contributed by atoms with Gasteiger partial charge in [-0.25, -0.2) is 0 Å². The Labute approximate surface area is 62.7 Å². The average molecular weight is 143 g/mol. The molecule has 0 saturated carbocycles. The summed E-state index contributed by atoms with van der Waals surface area (Å²) in [4.78, 5) is 0. The van der Waals surface area contributed by atoms with Gasteiger partial charge in [0.1, 0.15) is 0 Å². The second-order valence-corrected chi connectivity index (χ2v) is 2.52. The van der Waals surface area contributed by atoms with Crippen LogP contribution in [0, 0.1) is 5.92 Å². The molecule has 0 aliphatic carbocycles. The fraction of sp³-hybridized carbons (Fsp3) is 0.750. The molecular weight excluding hydrogens is 126 g/mol. The van der Waals surface area contributed by atoms with Crippen LogP contribution >= 0.6 is 0 Å². The first kappa shape index (κ1) is 9.50. The van der Waals surface area contributed by atoms with Gasteiger partial charge < -0.3 is 10.8 Å². The van der Waals surface area contributed by atoms with Gasteiger partial charge in [-0.05, 0) is 30.5 Å². The van der Waals surface area contributed by atoms with Gasteiger partial charge in [-0.2, -0.15) is 0 Å². The third-order valence-electron chi connectivity index (χ3n) is 1.86. The molecular formula is C8H17NO. The lowest BCUT2D eigenvalue weighted by Crippen LogP contribution is -2.02. The third kappa shape index (κ3) is 2.87. The third-order valence-corrected chi connectivity index (χ3v) is 1.86. The van der Waals surface area contributed by atoms with Crippen LogP contribution in [0.15, 0.2) is 11.8 Å². The van der Waals surface area contributed by atoms with Crippen LogP contribution < -0.4 is 5.73 Å². The Morgan fingerprint density at radius 3 is 2.60 bits per heavy atom. The van der Waals surface area contributed by atoms with Crippen molar-refractivity contribution in [1.82, 2.24) is 0 Å². The molecule has 2 heteroatoms. The van der Waals surface area contributed by atoms with Gasteiger partial charge >= 0.3 is 0 Å². The molecule has 60 valence electrons. The highest BCUT2D eigenvalue weighted by Crippen LogP contribution is 2.15. The first-order chi connectivity index (χ1) is 4.76. The average Bonchev–Trinajstić information content (AvgIpc) is 1.99. The van der Waals surface area contributed by atoms with E-state index < -0.39 is 0 Å². The van der Waals surface area contributed by atoms with Crippen LogP contribution in [0.1, 0.15) is 26.7 Å². The monoisotopic (exact) mass is 143 g/mol. The summed E-state index contributed by atoms with van der Waals surface area (Å²) in [6.07, 6.45) is 3.42. The van der Waals surface area contributed by atoms with Crippen LogP contribution in [-0.4, -0.2) is 11.7 Å². The maximum absolute atomic E-state index is 8.62. The number of rotatable bonds is 4. The van der Waals surface area contributed by atoms with Gasteiger partial charge in [-0.15, -0.1) is 0 Å². The summed E-state index contributed by atoms with van der Waals surface area (Å²) in [5, 5.41) is 8.62. The molecule has 10 heavy (non-hydrogen) atoms. The Morgan fingerprint density at radius 1 is 1.70 bits per heavy atom. The highest BCUT2D eigenvalue weighted by molar-refractivity contribution is 5.03. The maximum atomic E-state index is 8.62. The predicted octanol–water partition coefficient (Wildman–Crippen LogP) is 1.26. The molecule has 0 aromatic heterocycles. The van der Waals surface area contributed by atoms with E-state index in [1.54, 1.807) is 6.20 Å². The van der Waals surface area contributed by atoms with E-state index in [1.807, 2.05) is 0 Å². The number of nitrogens with two attached hydrogens (primary N) is 1. The lowest BCUT2D eigenvalue weighted by atomic mass is 9.97. The van der Waals surface area contributed by atoms with Crippen LogP contribution in [0.2, 0.25) is 0 Å². The number of hydrogen-bond acceptors (Lipinski definition) is 2. The molecule has 0 bridgehead atoms. The minimum absolute atomic E-state index is 0.202. The van der Waals surface area contributed by atoms with E-state index in [4.69, 9.17) is 10.8 Å². The highest BCUT2D eigenvalue weighted by Gasteiger charge is 2.03. The lowest BCUT2D eigenvalue weighted by Gasteiger charge is -2.11. The van der Waals surface area contributed by atoms with Crippen molar-refractivity contribution < 1.29 is 5.11 Å². The van der Waals surface area contributed by atoms with Crippen LogP contribution in [0.3, 0.4) is 0 Å². The van der Waals surface area contributed by atoms with Crippen molar-refractivity contribution >= 4 is 0 Å². The van der Waals surface area contributed by atoms with Gasteiger partial charge in [0.15, 0.2) is 0 Å². The SMILES string of the molecule is CCC(C)/C(=C\N)CCO. The van der Waals surface area contributed by atoms with Crippen molar-refractivity contribution in [2.75, 3.05) is 6.61 Å². The van der Waals surface area contributed by atoms with Gasteiger partial charge in [0.05, 0.1) is 0 Å². The zero-order chi connectivity index (χ0) is 7.98. The standard InChI is InChI=1S/C8H17NO/c1-3-7(2)8(6-9)4-5-10/h6-7,10H,3-5,9H2,1-2H3/b8-6-. The smallest absolute Gasteiger partial charge is 0.0468 e. The molecule has 1 atom stereocenters. The van der Waals surface area contributed by atoms with Crippen LogP contribution in [0.25, 0.3) is 0 Å². The first-order valence-corrected chi connectivity index (χ1v) is 3.77. The van der Waals surface area contributed by atoms with E-state index in [0.29, 0.717) is 12.3 Å². The zero-order valence-corrected chi connectivity index (χ0v) is 6.80. The second-order valence-electron chi connectivity index (χ2n) is 2.52. The molecule has 0 aliphatic rings. The first-order valence-electron chi connectivity index (χ1n) is 3.77. The molecule has 0 aliphatic heterocycles. The van der Waals surface area contributed by atoms with Crippen molar-refractivity contribution in [3.05, 3.63) is 11.8 Å². The number of aliphatic hydroxyl groups excluding tert-OH is 1. The van der Waals surface area contributed by atoms with E-state index in [-0.39, 0.29) is 6.61 Å². The Kier molecular flexibility index (Phi) is 5.03. The lowest BCUT2D eigenvalue weighted by molar-refractivity contribution is 0.294. The summed E-state index contributed by atoms with van der Waals surface area (Å²) in [7, 11) is 0. The fourth-order valence-electron chi connectivity index (χ4n) is 0.885. The van der Waals surface area contributed by atoms with E-state index in [9.17, 15) is 0 Å². The Morgan fingerprint density at radius 2 is 2.30 bits per heavy atom. The summed E-state index contributed by atoms with van der Waals surface area (Å²) in [5.41, 5.74) is 6.52. The molecule has 0 amide bonds. The number of hydrogen-bond donors (Lipinski definition) is 2. The summed E-state index contributed by atoms with van der Waals surface area (Å²) in [6, 6.07) is 0. The minimum atomic E-state index is 0.202. The molecule has 3 N–H and O–H groups in total. The van der Waals surface area contributed by atoms with Crippen LogP contribution in [0.4, 0.5) is 0 Å². The van der Waals surface area contributed by atoms with Crippen molar-refractivity contribution in [3.63, 3.8) is 0 Å². The summed E-state index contributed by atoms with van der Waals surface area (Å²) in [6.45, 7) is 4.44. The minimum Gasteiger partial charge on any atom is -0.405 e. The van der Waals surface area contributed by atoms with Gasteiger partial charge in [0.25, 0.3) is 0 Å².